The molecule has 0 aliphatic carbocycles. The lowest BCUT2D eigenvalue weighted by Crippen LogP contribution is -2.71. The Hall–Kier alpha value is -4.18. The number of rotatable bonds is 8. The van der Waals surface area contributed by atoms with Crippen molar-refractivity contribution in [1.29, 1.82) is 0 Å². The van der Waals surface area contributed by atoms with E-state index in [1.165, 1.54) is 22.0 Å². The number of oxime groups is 1. The number of aliphatic carboxylic acids is 1. The Morgan fingerprint density at radius 3 is 2.85 bits per heavy atom. The van der Waals surface area contributed by atoms with Crippen molar-refractivity contribution in [2.45, 2.75) is 37.4 Å². The van der Waals surface area contributed by atoms with Crippen LogP contribution in [0.3, 0.4) is 0 Å². The number of hydrogen-bond donors (Lipinski definition) is 5. The van der Waals surface area contributed by atoms with Crippen molar-refractivity contribution in [1.82, 2.24) is 20.5 Å². The Morgan fingerprint density at radius 2 is 2.18 bits per heavy atom. The van der Waals surface area contributed by atoms with Crippen molar-refractivity contribution in [3.63, 3.8) is 0 Å². The summed E-state index contributed by atoms with van der Waals surface area (Å²) in [5, 5.41) is 20.2. The Bertz CT molecular complexity index is 1440. The third-order valence-corrected chi connectivity index (χ3v) is 8.55. The van der Waals surface area contributed by atoms with Gasteiger partial charge in [-0.2, -0.15) is 4.57 Å². The van der Waals surface area contributed by atoms with Crippen LogP contribution in [0.4, 0.5) is 10.8 Å². The van der Waals surface area contributed by atoms with Crippen molar-refractivity contribution < 1.29 is 33.7 Å². The van der Waals surface area contributed by atoms with E-state index in [2.05, 4.69) is 20.8 Å². The van der Waals surface area contributed by atoms with Gasteiger partial charge in [0, 0.05) is 42.7 Å². The topological polar surface area (TPSA) is 206 Å². The van der Waals surface area contributed by atoms with Crippen molar-refractivity contribution in [3.05, 3.63) is 46.4 Å². The van der Waals surface area contributed by atoms with Crippen LogP contribution in [0.1, 0.15) is 17.8 Å². The maximum Gasteiger partial charge on any atom is 0.352 e. The first-order valence-electron chi connectivity index (χ1n) is 11.8. The van der Waals surface area contributed by atoms with Crippen LogP contribution in [-0.2, 0) is 30.6 Å². The van der Waals surface area contributed by atoms with E-state index < -0.39 is 35.3 Å². The Kier molecular flexibility index (Phi) is 7.14. The fraction of sp³-hybridized carbons (Fsp3) is 0.348. The minimum atomic E-state index is -1.24. The number of β-lactam (4-membered cyclic amide) rings is 1. The second-order valence-corrected chi connectivity index (χ2v) is 11.0. The monoisotopic (exact) mass is 573 g/mol. The van der Waals surface area contributed by atoms with Gasteiger partial charge in [0.15, 0.2) is 23.6 Å². The van der Waals surface area contributed by atoms with Gasteiger partial charge in [0.25, 0.3) is 17.7 Å². The number of carboxylic acid groups (broad SMARTS) is 1. The lowest BCUT2D eigenvalue weighted by Gasteiger charge is -2.49. The van der Waals surface area contributed by atoms with Gasteiger partial charge < -0.3 is 32.0 Å². The minimum Gasteiger partial charge on any atom is -0.477 e. The summed E-state index contributed by atoms with van der Waals surface area (Å²) in [6, 6.07) is 2.51. The SMILES string of the molecule is Cc1c(N)ccc[n+]1CC1=C(C(=O)O)N2C(=O)[C@@H](NC(=O)/C(=N\OC3CCNC3=O)c3csc(N)n3)[C@@H]2SC1. The highest BCUT2D eigenvalue weighted by Gasteiger charge is 2.55. The molecule has 204 valence electrons. The number of thiazole rings is 1. The van der Waals surface area contributed by atoms with Gasteiger partial charge in [-0.3, -0.25) is 19.3 Å². The zero-order chi connectivity index (χ0) is 27.8. The molecule has 5 rings (SSSR count). The summed E-state index contributed by atoms with van der Waals surface area (Å²) in [5.41, 5.74) is 13.3. The van der Waals surface area contributed by atoms with Gasteiger partial charge in [-0.25, -0.2) is 9.78 Å². The number of carbonyl (C=O) groups is 4. The molecule has 2 aromatic rings. The van der Waals surface area contributed by atoms with Gasteiger partial charge in [-0.05, 0) is 6.07 Å². The fourth-order valence-corrected chi connectivity index (χ4v) is 6.31. The van der Waals surface area contributed by atoms with Gasteiger partial charge >= 0.3 is 5.97 Å². The molecule has 7 N–H and O–H groups in total. The van der Waals surface area contributed by atoms with Crippen LogP contribution in [0.2, 0.25) is 0 Å². The molecule has 16 heteroatoms. The summed E-state index contributed by atoms with van der Waals surface area (Å²) < 4.78 is 1.82. The number of hydrogen-bond acceptors (Lipinski definition) is 11. The molecule has 3 atom stereocenters. The predicted octanol–water partition coefficient (Wildman–Crippen LogP) is -1.05. The minimum absolute atomic E-state index is 0.111. The van der Waals surface area contributed by atoms with Crippen LogP contribution in [0.25, 0.3) is 0 Å². The van der Waals surface area contributed by atoms with Crippen LogP contribution < -0.4 is 26.7 Å². The largest absolute Gasteiger partial charge is 0.477 e. The maximum atomic E-state index is 13.2. The average molecular weight is 574 g/mol. The number of aromatic nitrogens is 2. The third-order valence-electron chi connectivity index (χ3n) is 6.54. The molecule has 0 saturated carbocycles. The molecular weight excluding hydrogens is 548 g/mol. The zero-order valence-corrected chi connectivity index (χ0v) is 22.3. The van der Waals surface area contributed by atoms with Gasteiger partial charge in [0.2, 0.25) is 11.8 Å². The number of anilines is 2. The van der Waals surface area contributed by atoms with E-state index in [9.17, 15) is 24.3 Å². The standard InChI is InChI=1S/C23H24N8O6S2/c1-10-12(24)3-2-6-30(10)7-11-8-38-21-16(20(34)31(21)17(11)22(35)36)28-19(33)15(13-9-39-23(25)27-13)29-37-14-4-5-26-18(14)32/h2-3,6,9,14,16,21H,4-5,7-8,24H2,1H3,(H4-,25,26,27,28,32,33,35,36)/p+1/b29-15-/t14?,16-,21+/m1/s1. The Labute approximate surface area is 230 Å². The van der Waals surface area contributed by atoms with Gasteiger partial charge in [0.05, 0.1) is 5.69 Å². The summed E-state index contributed by atoms with van der Waals surface area (Å²) in [6.45, 7) is 2.49. The van der Waals surface area contributed by atoms with Gasteiger partial charge in [0.1, 0.15) is 22.8 Å². The summed E-state index contributed by atoms with van der Waals surface area (Å²) >= 11 is 2.42. The molecule has 3 aliphatic heterocycles. The highest BCUT2D eigenvalue weighted by atomic mass is 32.2. The number of nitrogen functional groups attached to an aromatic ring is 2. The Balaban J connectivity index is 1.35. The van der Waals surface area contributed by atoms with E-state index in [0.29, 0.717) is 30.0 Å². The van der Waals surface area contributed by atoms with E-state index in [4.69, 9.17) is 16.3 Å². The molecule has 0 radical (unpaired) electrons. The number of carboxylic acids is 1. The van der Waals surface area contributed by atoms with Gasteiger partial charge in [-0.15, -0.1) is 23.1 Å². The van der Waals surface area contributed by atoms with Gasteiger partial charge in [-0.1, -0.05) is 5.16 Å². The molecule has 0 bridgehead atoms. The number of nitrogens with one attached hydrogen (secondary N) is 2. The lowest BCUT2D eigenvalue weighted by molar-refractivity contribution is -0.694. The number of nitrogens with zero attached hydrogens (tertiary/aromatic N) is 4. The average Bonchev–Trinajstić information content (AvgIpc) is 3.52. The molecule has 14 nitrogen and oxygen atoms in total. The van der Waals surface area contributed by atoms with Crippen LogP contribution in [0.5, 0.6) is 0 Å². The molecule has 0 aromatic carbocycles. The second kappa shape index (κ2) is 10.5. The highest BCUT2D eigenvalue weighted by Crippen LogP contribution is 2.40. The van der Waals surface area contributed by atoms with Crippen LogP contribution in [0, 0.1) is 6.92 Å². The maximum absolute atomic E-state index is 13.2. The number of pyridine rings is 1. The molecular formula is C23H25N8O6S2+. The summed E-state index contributed by atoms with van der Waals surface area (Å²) in [4.78, 5) is 61.0. The summed E-state index contributed by atoms with van der Waals surface area (Å²) in [5.74, 6) is -2.60. The number of fused-ring (bicyclic) bond motifs is 1. The third kappa shape index (κ3) is 4.99. The molecule has 0 spiro atoms. The second-order valence-electron chi connectivity index (χ2n) is 8.98. The molecule has 2 fully saturated rings. The van der Waals surface area contributed by atoms with E-state index in [0.717, 1.165) is 17.0 Å². The normalized spacial score (nSPS) is 22.7. The van der Waals surface area contributed by atoms with Crippen LogP contribution >= 0.6 is 23.1 Å². The van der Waals surface area contributed by atoms with Crippen LogP contribution in [0.15, 0.2) is 40.1 Å². The van der Waals surface area contributed by atoms with Crippen molar-refractivity contribution in [3.8, 4) is 0 Å². The van der Waals surface area contributed by atoms with E-state index in [1.807, 2.05) is 11.5 Å². The number of nitrogens with two attached hydrogens (primary N) is 2. The summed E-state index contributed by atoms with van der Waals surface area (Å²) in [6.07, 6.45) is 1.31. The molecule has 2 aromatic heterocycles. The zero-order valence-electron chi connectivity index (χ0n) is 20.6. The van der Waals surface area contributed by atoms with Crippen LogP contribution in [-0.4, -0.2) is 74.2 Å². The number of amides is 3. The smallest absolute Gasteiger partial charge is 0.352 e. The number of carbonyl (C=O) groups excluding carboxylic acids is 3. The molecule has 39 heavy (non-hydrogen) atoms. The fourth-order valence-electron chi connectivity index (χ4n) is 4.43. The van der Waals surface area contributed by atoms with Crippen molar-refractivity contribution >= 4 is 63.3 Å². The molecule has 1 unspecified atom stereocenters. The molecule has 2 saturated heterocycles. The predicted molar refractivity (Wildman–Crippen MR) is 141 cm³/mol. The summed E-state index contributed by atoms with van der Waals surface area (Å²) in [7, 11) is 0. The quantitative estimate of drug-likeness (QED) is 0.112. The molecule has 5 heterocycles. The molecule has 3 amide bonds. The lowest BCUT2D eigenvalue weighted by atomic mass is 10.0. The van der Waals surface area contributed by atoms with Crippen molar-refractivity contribution in [2.75, 3.05) is 23.8 Å². The van der Waals surface area contributed by atoms with E-state index >= 15 is 0 Å². The van der Waals surface area contributed by atoms with E-state index in [1.54, 1.807) is 18.3 Å². The first-order valence-corrected chi connectivity index (χ1v) is 13.8. The molecule has 3 aliphatic rings. The van der Waals surface area contributed by atoms with Crippen molar-refractivity contribution in [2.24, 2.45) is 5.16 Å². The highest BCUT2D eigenvalue weighted by molar-refractivity contribution is 8.00. The number of thioether (sulfide) groups is 1. The Morgan fingerprint density at radius 1 is 1.38 bits per heavy atom. The first-order chi connectivity index (χ1) is 18.7. The first kappa shape index (κ1) is 26.4. The van der Waals surface area contributed by atoms with E-state index in [-0.39, 0.29) is 34.7 Å².